The normalized spacial score (nSPS) is 26.8. The summed E-state index contributed by atoms with van der Waals surface area (Å²) in [5.41, 5.74) is 2.01. The van der Waals surface area contributed by atoms with Gasteiger partial charge in [-0.25, -0.2) is 0 Å². The molecule has 1 aromatic carbocycles. The van der Waals surface area contributed by atoms with Gasteiger partial charge in [0, 0.05) is 17.5 Å². The van der Waals surface area contributed by atoms with Crippen LogP contribution in [0.15, 0.2) is 18.2 Å². The molecule has 1 aliphatic carbocycles. The van der Waals surface area contributed by atoms with E-state index >= 15 is 0 Å². The average Bonchev–Trinajstić information content (AvgIpc) is 2.38. The number of carbonyl (C=O) groups is 1. The maximum atomic E-state index is 12.0. The second-order valence-corrected chi connectivity index (χ2v) is 4.92. The molecule has 3 heteroatoms. The van der Waals surface area contributed by atoms with Crippen molar-refractivity contribution >= 4 is 5.91 Å². The molecular formula is C14H17NO2. The lowest BCUT2D eigenvalue weighted by Crippen LogP contribution is -2.45. The van der Waals surface area contributed by atoms with Gasteiger partial charge in [-0.1, -0.05) is 12.8 Å². The van der Waals surface area contributed by atoms with Crippen molar-refractivity contribution in [1.82, 2.24) is 5.32 Å². The molecule has 1 heterocycles. The molecule has 1 amide bonds. The van der Waals surface area contributed by atoms with E-state index in [0.717, 1.165) is 17.7 Å². The highest BCUT2D eigenvalue weighted by Gasteiger charge is 2.35. The Morgan fingerprint density at radius 1 is 1.29 bits per heavy atom. The van der Waals surface area contributed by atoms with Gasteiger partial charge in [0.1, 0.15) is 5.75 Å². The highest BCUT2D eigenvalue weighted by atomic mass is 16.5. The first kappa shape index (κ1) is 10.6. The molecule has 0 bridgehead atoms. The van der Waals surface area contributed by atoms with Gasteiger partial charge in [-0.2, -0.15) is 0 Å². The van der Waals surface area contributed by atoms with Crippen molar-refractivity contribution in [3.8, 4) is 5.75 Å². The molecule has 0 aromatic heterocycles. The molecule has 2 aliphatic rings. The zero-order valence-electron chi connectivity index (χ0n) is 10.0. The van der Waals surface area contributed by atoms with Gasteiger partial charge in [0.05, 0.1) is 7.11 Å². The largest absolute Gasteiger partial charge is 0.497 e. The second kappa shape index (κ2) is 4.06. The predicted molar refractivity (Wildman–Crippen MR) is 65.5 cm³/mol. The van der Waals surface area contributed by atoms with Crippen LogP contribution >= 0.6 is 0 Å². The Hall–Kier alpha value is -1.51. The Morgan fingerprint density at radius 3 is 2.94 bits per heavy atom. The summed E-state index contributed by atoms with van der Waals surface area (Å²) in [5.74, 6) is 1.40. The lowest BCUT2D eigenvalue weighted by Gasteiger charge is -2.37. The van der Waals surface area contributed by atoms with Gasteiger partial charge in [-0.3, -0.25) is 4.79 Å². The van der Waals surface area contributed by atoms with E-state index in [2.05, 4.69) is 5.32 Å². The highest BCUT2D eigenvalue weighted by Crippen LogP contribution is 2.39. The number of rotatable bonds is 1. The molecule has 17 heavy (non-hydrogen) atoms. The van der Waals surface area contributed by atoms with Crippen LogP contribution in [0.2, 0.25) is 0 Å². The number of ether oxygens (including phenoxy) is 1. The average molecular weight is 231 g/mol. The van der Waals surface area contributed by atoms with E-state index in [1.807, 2.05) is 18.2 Å². The van der Waals surface area contributed by atoms with E-state index in [1.165, 1.54) is 24.8 Å². The minimum Gasteiger partial charge on any atom is -0.497 e. The monoisotopic (exact) mass is 231 g/mol. The minimum absolute atomic E-state index is 0.0748. The van der Waals surface area contributed by atoms with Crippen LogP contribution in [0, 0.1) is 0 Å². The van der Waals surface area contributed by atoms with E-state index in [9.17, 15) is 4.79 Å². The predicted octanol–water partition coefficient (Wildman–Crippen LogP) is 2.46. The molecular weight excluding hydrogens is 214 g/mol. The topological polar surface area (TPSA) is 38.3 Å². The van der Waals surface area contributed by atoms with Gasteiger partial charge in [0.25, 0.3) is 5.91 Å². The first-order chi connectivity index (χ1) is 8.29. The molecule has 3 rings (SSSR count). The van der Waals surface area contributed by atoms with Crippen LogP contribution in [-0.4, -0.2) is 19.1 Å². The molecule has 1 aromatic rings. The summed E-state index contributed by atoms with van der Waals surface area (Å²) in [5, 5.41) is 3.13. The summed E-state index contributed by atoms with van der Waals surface area (Å²) in [6, 6.07) is 6.11. The number of nitrogens with one attached hydrogen (secondary N) is 1. The Balaban J connectivity index is 2.06. The maximum Gasteiger partial charge on any atom is 0.251 e. The summed E-state index contributed by atoms with van der Waals surface area (Å²) < 4.78 is 5.26. The smallest absolute Gasteiger partial charge is 0.251 e. The van der Waals surface area contributed by atoms with Crippen molar-refractivity contribution in [1.29, 1.82) is 0 Å². The fourth-order valence-electron chi connectivity index (χ4n) is 3.10. The number of hydrogen-bond donors (Lipinski definition) is 1. The molecule has 2 atom stereocenters. The van der Waals surface area contributed by atoms with Gasteiger partial charge in [-0.05, 0) is 36.6 Å². The van der Waals surface area contributed by atoms with Crippen molar-refractivity contribution in [2.75, 3.05) is 7.11 Å². The van der Waals surface area contributed by atoms with E-state index in [4.69, 9.17) is 4.74 Å². The Kier molecular flexibility index (Phi) is 2.54. The van der Waals surface area contributed by atoms with E-state index in [-0.39, 0.29) is 5.91 Å². The summed E-state index contributed by atoms with van der Waals surface area (Å²) in [4.78, 5) is 12.0. The lowest BCUT2D eigenvalue weighted by atomic mass is 9.76. The van der Waals surface area contributed by atoms with Gasteiger partial charge < -0.3 is 10.1 Å². The minimum atomic E-state index is 0.0748. The molecule has 0 spiro atoms. The third-order valence-corrected chi connectivity index (χ3v) is 3.99. The van der Waals surface area contributed by atoms with E-state index in [0.29, 0.717) is 12.0 Å². The van der Waals surface area contributed by atoms with Crippen molar-refractivity contribution < 1.29 is 9.53 Å². The standard InChI is InChI=1S/C14H17NO2/c1-17-9-6-7-11-12(8-9)10-4-2-3-5-13(10)15-14(11)16/h6-8,10,13H,2-5H2,1H3,(H,15,16)/t10-,13+/m1/s1. The third-order valence-electron chi connectivity index (χ3n) is 3.99. The van der Waals surface area contributed by atoms with Crippen LogP contribution < -0.4 is 10.1 Å². The third kappa shape index (κ3) is 1.70. The Morgan fingerprint density at radius 2 is 2.12 bits per heavy atom. The van der Waals surface area contributed by atoms with Crippen LogP contribution in [0.25, 0.3) is 0 Å². The van der Waals surface area contributed by atoms with Crippen LogP contribution in [0.5, 0.6) is 5.75 Å². The van der Waals surface area contributed by atoms with E-state index < -0.39 is 0 Å². The summed E-state index contributed by atoms with van der Waals surface area (Å²) in [7, 11) is 1.67. The summed E-state index contributed by atoms with van der Waals surface area (Å²) in [6.07, 6.45) is 4.76. The quantitative estimate of drug-likeness (QED) is 0.806. The number of amides is 1. The van der Waals surface area contributed by atoms with Crippen LogP contribution in [0.1, 0.15) is 47.5 Å². The fourth-order valence-corrected chi connectivity index (χ4v) is 3.10. The molecule has 1 aliphatic heterocycles. The molecule has 0 radical (unpaired) electrons. The molecule has 0 saturated heterocycles. The number of hydrogen-bond acceptors (Lipinski definition) is 2. The Bertz CT molecular complexity index is 456. The van der Waals surface area contributed by atoms with E-state index in [1.54, 1.807) is 7.11 Å². The van der Waals surface area contributed by atoms with Crippen LogP contribution in [0.4, 0.5) is 0 Å². The first-order valence-corrected chi connectivity index (χ1v) is 6.28. The summed E-state index contributed by atoms with van der Waals surface area (Å²) >= 11 is 0. The molecule has 0 unspecified atom stereocenters. The summed E-state index contributed by atoms with van der Waals surface area (Å²) in [6.45, 7) is 0. The van der Waals surface area contributed by atoms with Crippen LogP contribution in [0.3, 0.4) is 0 Å². The van der Waals surface area contributed by atoms with Crippen molar-refractivity contribution in [3.05, 3.63) is 29.3 Å². The maximum absolute atomic E-state index is 12.0. The number of carbonyl (C=O) groups excluding carboxylic acids is 1. The molecule has 90 valence electrons. The lowest BCUT2D eigenvalue weighted by molar-refractivity contribution is 0.0901. The fraction of sp³-hybridized carbons (Fsp3) is 0.500. The van der Waals surface area contributed by atoms with Gasteiger partial charge in [0.15, 0.2) is 0 Å². The van der Waals surface area contributed by atoms with Crippen molar-refractivity contribution in [2.24, 2.45) is 0 Å². The first-order valence-electron chi connectivity index (χ1n) is 6.28. The second-order valence-electron chi connectivity index (χ2n) is 4.92. The van der Waals surface area contributed by atoms with Gasteiger partial charge in [-0.15, -0.1) is 0 Å². The SMILES string of the molecule is COc1ccc2c(c1)[C@H]1CCCC[C@@H]1NC2=O. The number of methoxy groups -OCH3 is 1. The molecule has 3 nitrogen and oxygen atoms in total. The number of fused-ring (bicyclic) bond motifs is 3. The highest BCUT2D eigenvalue weighted by molar-refractivity contribution is 5.97. The number of benzene rings is 1. The van der Waals surface area contributed by atoms with Gasteiger partial charge in [0.2, 0.25) is 0 Å². The zero-order chi connectivity index (χ0) is 11.8. The van der Waals surface area contributed by atoms with Crippen molar-refractivity contribution in [3.63, 3.8) is 0 Å². The van der Waals surface area contributed by atoms with Gasteiger partial charge >= 0.3 is 0 Å². The Labute approximate surface area is 101 Å². The van der Waals surface area contributed by atoms with Crippen LogP contribution in [-0.2, 0) is 0 Å². The van der Waals surface area contributed by atoms with Crippen molar-refractivity contribution in [2.45, 2.75) is 37.6 Å². The molecule has 1 fully saturated rings. The molecule has 1 saturated carbocycles. The molecule has 1 N–H and O–H groups in total. The zero-order valence-corrected chi connectivity index (χ0v) is 10.0.